The Kier molecular flexibility index (Phi) is 6.45. The fourth-order valence-corrected chi connectivity index (χ4v) is 4.94. The molecule has 0 aliphatic carbocycles. The van der Waals surface area contributed by atoms with E-state index in [2.05, 4.69) is 22.5 Å². The number of nitrogens with zero attached hydrogens (tertiary/aromatic N) is 1. The smallest absolute Gasteiger partial charge is 0.256 e. The van der Waals surface area contributed by atoms with E-state index in [0.717, 1.165) is 25.9 Å². The van der Waals surface area contributed by atoms with Crippen molar-refractivity contribution in [2.45, 2.75) is 25.8 Å². The molecule has 2 amide bonds. The van der Waals surface area contributed by atoms with E-state index < -0.39 is 5.82 Å². The minimum Gasteiger partial charge on any atom is -0.457 e. The molecule has 0 saturated carbocycles. The molecule has 2 aliphatic rings. The van der Waals surface area contributed by atoms with Gasteiger partial charge in [-0.1, -0.05) is 18.5 Å². The maximum atomic E-state index is 13.7. The van der Waals surface area contributed by atoms with Gasteiger partial charge in [0.05, 0.1) is 16.2 Å². The molecule has 5 rings (SSSR count). The molecule has 0 radical (unpaired) electrons. The predicted molar refractivity (Wildman–Crippen MR) is 135 cm³/mol. The van der Waals surface area contributed by atoms with Crippen LogP contribution in [-0.4, -0.2) is 42.4 Å². The Morgan fingerprint density at radius 2 is 2.11 bits per heavy atom. The van der Waals surface area contributed by atoms with Crippen LogP contribution in [0, 0.1) is 5.82 Å². The van der Waals surface area contributed by atoms with Crippen LogP contribution < -0.4 is 10.6 Å². The molecule has 1 unspecified atom stereocenters. The van der Waals surface area contributed by atoms with Gasteiger partial charge in [-0.25, -0.2) is 4.39 Å². The highest BCUT2D eigenvalue weighted by molar-refractivity contribution is 6.35. The molecule has 0 spiro atoms. The van der Waals surface area contributed by atoms with Crippen LogP contribution in [0.5, 0.6) is 0 Å². The number of nitrogens with one attached hydrogen (secondary N) is 2. The summed E-state index contributed by atoms with van der Waals surface area (Å²) < 4.78 is 19.6. The van der Waals surface area contributed by atoms with Gasteiger partial charge in [0.25, 0.3) is 11.8 Å². The summed E-state index contributed by atoms with van der Waals surface area (Å²) in [4.78, 5) is 27.6. The van der Waals surface area contributed by atoms with Crippen molar-refractivity contribution in [3.63, 3.8) is 0 Å². The van der Waals surface area contributed by atoms with E-state index in [9.17, 15) is 14.0 Å². The van der Waals surface area contributed by atoms with Crippen molar-refractivity contribution in [1.82, 2.24) is 10.2 Å². The number of rotatable bonds is 6. The third-order valence-electron chi connectivity index (χ3n) is 6.58. The van der Waals surface area contributed by atoms with Crippen LogP contribution in [0.3, 0.4) is 0 Å². The monoisotopic (exact) mass is 493 g/mol. The maximum Gasteiger partial charge on any atom is 0.256 e. The molecule has 1 fully saturated rings. The van der Waals surface area contributed by atoms with Crippen LogP contribution in [0.25, 0.3) is 23.0 Å². The van der Waals surface area contributed by atoms with Crippen molar-refractivity contribution in [2.75, 3.05) is 25.0 Å². The first-order chi connectivity index (χ1) is 16.9. The molecule has 3 aromatic rings. The van der Waals surface area contributed by atoms with Crippen molar-refractivity contribution in [3.05, 3.63) is 76.3 Å². The summed E-state index contributed by atoms with van der Waals surface area (Å²) in [5.74, 6) is -0.0149. The minimum atomic E-state index is -0.423. The number of hydrogen-bond acceptors (Lipinski definition) is 4. The summed E-state index contributed by atoms with van der Waals surface area (Å²) in [6.07, 6.45) is 3.79. The quantitative estimate of drug-likeness (QED) is 0.448. The molecule has 1 atom stereocenters. The largest absolute Gasteiger partial charge is 0.457 e. The summed E-state index contributed by atoms with van der Waals surface area (Å²) in [6.45, 7) is 4.74. The number of carbonyl (C=O) groups is 2. The van der Waals surface area contributed by atoms with Crippen molar-refractivity contribution >= 4 is 40.8 Å². The predicted octanol–water partition coefficient (Wildman–Crippen LogP) is 5.45. The maximum absolute atomic E-state index is 13.7. The number of carbonyl (C=O) groups excluding carboxylic acids is 2. The number of fused-ring (bicyclic) bond motifs is 1. The Labute approximate surface area is 207 Å². The number of amides is 2. The molecule has 6 nitrogen and oxygen atoms in total. The standard InChI is InChI=1S/C27H25ClFN3O3/c1-2-32-11-3-4-18(32)15-30-26(33)22-12-16(5-8-23(22)28)25-10-7-19(35-25)14-21-20-13-17(29)6-9-24(20)31-27(21)34/h5-10,12-14,18H,2-4,11,15H2,1H3,(H,30,33)(H,31,34). The first-order valence-electron chi connectivity index (χ1n) is 11.7. The van der Waals surface area contributed by atoms with Crippen LogP contribution >= 0.6 is 11.6 Å². The Morgan fingerprint density at radius 1 is 1.26 bits per heavy atom. The number of anilines is 1. The van der Waals surface area contributed by atoms with E-state index in [-0.39, 0.29) is 11.8 Å². The van der Waals surface area contributed by atoms with E-state index in [1.807, 2.05) is 0 Å². The summed E-state index contributed by atoms with van der Waals surface area (Å²) in [6, 6.07) is 13.1. The van der Waals surface area contributed by atoms with Gasteiger partial charge in [0.15, 0.2) is 0 Å². The van der Waals surface area contributed by atoms with Gasteiger partial charge in [-0.3, -0.25) is 14.5 Å². The van der Waals surface area contributed by atoms with Crippen molar-refractivity contribution in [1.29, 1.82) is 0 Å². The second-order valence-electron chi connectivity index (χ2n) is 8.73. The normalized spacial score (nSPS) is 18.7. The molecule has 1 aromatic heterocycles. The van der Waals surface area contributed by atoms with Gasteiger partial charge in [0.2, 0.25) is 0 Å². The van der Waals surface area contributed by atoms with Crippen molar-refractivity contribution < 1.29 is 18.4 Å². The van der Waals surface area contributed by atoms with E-state index >= 15 is 0 Å². The lowest BCUT2D eigenvalue weighted by atomic mass is 10.1. The minimum absolute atomic E-state index is 0.227. The second-order valence-corrected chi connectivity index (χ2v) is 9.14. The average Bonchev–Trinajstić information content (AvgIpc) is 3.57. The number of benzene rings is 2. The average molecular weight is 494 g/mol. The van der Waals surface area contributed by atoms with Gasteiger partial charge in [-0.05, 0) is 80.5 Å². The van der Waals surface area contributed by atoms with Crippen LogP contribution in [-0.2, 0) is 4.79 Å². The zero-order valence-electron chi connectivity index (χ0n) is 19.2. The summed E-state index contributed by atoms with van der Waals surface area (Å²) in [7, 11) is 0. The first kappa shape index (κ1) is 23.3. The zero-order valence-corrected chi connectivity index (χ0v) is 20.0. The Bertz CT molecular complexity index is 1330. The summed E-state index contributed by atoms with van der Waals surface area (Å²) in [5.41, 5.74) is 2.43. The van der Waals surface area contributed by atoms with E-state index in [4.69, 9.17) is 16.0 Å². The molecule has 2 aliphatic heterocycles. The Morgan fingerprint density at radius 3 is 2.94 bits per heavy atom. The third-order valence-corrected chi connectivity index (χ3v) is 6.91. The van der Waals surface area contributed by atoms with Gasteiger partial charge in [0, 0.05) is 29.4 Å². The van der Waals surface area contributed by atoms with E-state index in [1.54, 1.807) is 36.4 Å². The third kappa shape index (κ3) is 4.74. The van der Waals surface area contributed by atoms with Gasteiger partial charge in [-0.15, -0.1) is 0 Å². The molecule has 2 aromatic carbocycles. The number of hydrogen-bond donors (Lipinski definition) is 2. The number of likely N-dealkylation sites (tertiary alicyclic amines) is 1. The lowest BCUT2D eigenvalue weighted by Crippen LogP contribution is -2.40. The highest BCUT2D eigenvalue weighted by Gasteiger charge is 2.26. The molecule has 8 heteroatoms. The molecule has 180 valence electrons. The fourth-order valence-electron chi connectivity index (χ4n) is 4.73. The summed E-state index contributed by atoms with van der Waals surface area (Å²) >= 11 is 6.34. The molecule has 0 bridgehead atoms. The Hall–Kier alpha value is -3.42. The van der Waals surface area contributed by atoms with E-state index in [0.29, 0.717) is 57.1 Å². The van der Waals surface area contributed by atoms with Gasteiger partial charge in [0.1, 0.15) is 17.3 Å². The summed E-state index contributed by atoms with van der Waals surface area (Å²) in [5, 5.41) is 6.10. The van der Waals surface area contributed by atoms with E-state index in [1.165, 1.54) is 18.2 Å². The van der Waals surface area contributed by atoms with Crippen molar-refractivity contribution in [2.24, 2.45) is 0 Å². The topological polar surface area (TPSA) is 74.6 Å². The zero-order chi connectivity index (χ0) is 24.5. The number of furan rings is 1. The van der Waals surface area contributed by atoms with Gasteiger partial charge < -0.3 is 15.1 Å². The number of halogens is 2. The molecule has 35 heavy (non-hydrogen) atoms. The van der Waals surface area contributed by atoms with Crippen LogP contribution in [0.2, 0.25) is 5.02 Å². The highest BCUT2D eigenvalue weighted by Crippen LogP contribution is 2.35. The second kappa shape index (κ2) is 9.68. The van der Waals surface area contributed by atoms with Gasteiger partial charge in [-0.2, -0.15) is 0 Å². The molecule has 2 N–H and O–H groups in total. The number of likely N-dealkylation sites (N-methyl/N-ethyl adjacent to an activating group) is 1. The highest BCUT2D eigenvalue weighted by atomic mass is 35.5. The SMILES string of the molecule is CCN1CCCC1CNC(=O)c1cc(-c2ccc(C=C3C(=O)Nc4ccc(F)cc43)o2)ccc1Cl. The van der Waals surface area contributed by atoms with Crippen LogP contribution in [0.15, 0.2) is 52.9 Å². The van der Waals surface area contributed by atoms with Crippen LogP contribution in [0.4, 0.5) is 10.1 Å². The lowest BCUT2D eigenvalue weighted by Gasteiger charge is -2.23. The molecule has 3 heterocycles. The first-order valence-corrected chi connectivity index (χ1v) is 12.1. The van der Waals surface area contributed by atoms with Crippen molar-refractivity contribution in [3.8, 4) is 11.3 Å². The molecular formula is C27H25ClFN3O3. The molecular weight excluding hydrogens is 469 g/mol. The molecule has 1 saturated heterocycles. The fraction of sp³-hybridized carbons (Fsp3) is 0.259. The lowest BCUT2D eigenvalue weighted by molar-refractivity contribution is -0.110. The Balaban J connectivity index is 1.35. The van der Waals surface area contributed by atoms with Crippen LogP contribution in [0.1, 0.15) is 41.4 Å². The van der Waals surface area contributed by atoms with Gasteiger partial charge >= 0.3 is 0 Å².